The molecule has 0 unspecified atom stereocenters. The largest absolute Gasteiger partial charge is 0.418 e. The molecule has 0 radical (unpaired) electrons. The molecule has 0 bridgehead atoms. The Balaban J connectivity index is 1.15. The SMILES string of the molecule is O=C(Nc1nnc(CCCCc2nnc(NC(=O)Oc3ccccc3)s2)s1)Oc1ccccc1. The lowest BCUT2D eigenvalue weighted by Crippen LogP contribution is -2.16. The third kappa shape index (κ3) is 7.32. The lowest BCUT2D eigenvalue weighted by Gasteiger charge is -2.02. The number of aryl methyl sites for hydroxylation is 2. The summed E-state index contributed by atoms with van der Waals surface area (Å²) in [6, 6.07) is 17.6. The van der Waals surface area contributed by atoms with Crippen LogP contribution >= 0.6 is 22.7 Å². The third-order valence-corrected chi connectivity index (χ3v) is 6.09. The second-order valence-corrected chi connectivity index (χ2v) is 8.99. The molecule has 0 atom stereocenters. The summed E-state index contributed by atoms with van der Waals surface area (Å²) in [5.74, 6) is 0.903. The summed E-state index contributed by atoms with van der Waals surface area (Å²) in [4.78, 5) is 23.9. The maximum absolute atomic E-state index is 11.9. The number of aromatic nitrogens is 4. The van der Waals surface area contributed by atoms with Crippen LogP contribution in [0.3, 0.4) is 0 Å². The van der Waals surface area contributed by atoms with Gasteiger partial charge in [-0.05, 0) is 37.1 Å². The Hall–Kier alpha value is -3.90. The van der Waals surface area contributed by atoms with E-state index in [9.17, 15) is 9.59 Å². The molecule has 0 spiro atoms. The highest BCUT2D eigenvalue weighted by atomic mass is 32.1. The number of carbonyl (C=O) groups is 2. The normalized spacial score (nSPS) is 10.5. The molecule has 0 aliphatic rings. The van der Waals surface area contributed by atoms with Gasteiger partial charge in [-0.2, -0.15) is 0 Å². The van der Waals surface area contributed by atoms with Crippen molar-refractivity contribution in [3.63, 3.8) is 0 Å². The number of nitrogens with zero attached hydrogens (tertiary/aromatic N) is 4. The zero-order valence-corrected chi connectivity index (χ0v) is 19.5. The molecule has 0 saturated heterocycles. The number of carbonyl (C=O) groups excluding carboxylic acids is 2. The van der Waals surface area contributed by atoms with Gasteiger partial charge in [-0.15, -0.1) is 20.4 Å². The first-order chi connectivity index (χ1) is 16.6. The number of hydrogen-bond acceptors (Lipinski definition) is 10. The van der Waals surface area contributed by atoms with Crippen molar-refractivity contribution in [2.75, 3.05) is 10.6 Å². The molecule has 2 aromatic heterocycles. The summed E-state index contributed by atoms with van der Waals surface area (Å²) in [6.07, 6.45) is 1.95. The second-order valence-electron chi connectivity index (χ2n) is 6.86. The number of para-hydroxylation sites is 2. The van der Waals surface area contributed by atoms with Crippen LogP contribution in [0.4, 0.5) is 19.9 Å². The summed E-state index contributed by atoms with van der Waals surface area (Å²) >= 11 is 2.62. The van der Waals surface area contributed by atoms with Gasteiger partial charge in [0.15, 0.2) is 0 Å². The number of amides is 2. The number of rotatable bonds is 9. The van der Waals surface area contributed by atoms with Gasteiger partial charge >= 0.3 is 12.2 Å². The van der Waals surface area contributed by atoms with Crippen molar-refractivity contribution in [3.8, 4) is 11.5 Å². The number of ether oxygens (including phenoxy) is 2. The predicted molar refractivity (Wildman–Crippen MR) is 129 cm³/mol. The van der Waals surface area contributed by atoms with E-state index in [1.165, 1.54) is 22.7 Å². The molecule has 0 fully saturated rings. The van der Waals surface area contributed by atoms with E-state index in [0.717, 1.165) is 35.7 Å². The van der Waals surface area contributed by atoms with Crippen molar-refractivity contribution in [2.24, 2.45) is 0 Å². The van der Waals surface area contributed by atoms with E-state index in [2.05, 4.69) is 31.0 Å². The van der Waals surface area contributed by atoms with Crippen molar-refractivity contribution < 1.29 is 19.1 Å². The van der Waals surface area contributed by atoms with Crippen LogP contribution in [-0.2, 0) is 12.8 Å². The minimum atomic E-state index is -0.609. The molecule has 2 aromatic carbocycles. The quantitative estimate of drug-likeness (QED) is 0.304. The fraction of sp³-hybridized carbons (Fsp3) is 0.182. The molecule has 4 rings (SSSR count). The summed E-state index contributed by atoms with van der Waals surface area (Å²) in [7, 11) is 0. The highest BCUT2D eigenvalue weighted by Gasteiger charge is 2.12. The van der Waals surface area contributed by atoms with Crippen molar-refractivity contribution in [1.82, 2.24) is 20.4 Å². The molecule has 0 aliphatic heterocycles. The molecular formula is C22H20N6O4S2. The lowest BCUT2D eigenvalue weighted by molar-refractivity contribution is 0.214. The molecule has 2 heterocycles. The first kappa shape index (κ1) is 23.3. The summed E-state index contributed by atoms with van der Waals surface area (Å²) in [6.45, 7) is 0. The average molecular weight is 497 g/mol. The van der Waals surface area contributed by atoms with Crippen LogP contribution < -0.4 is 20.1 Å². The van der Waals surface area contributed by atoms with Crippen LogP contribution in [-0.4, -0.2) is 32.6 Å². The van der Waals surface area contributed by atoms with Crippen LogP contribution in [0.25, 0.3) is 0 Å². The molecule has 0 saturated carbocycles. The minimum Gasteiger partial charge on any atom is -0.410 e. The summed E-state index contributed by atoms with van der Waals surface area (Å²) < 4.78 is 10.3. The molecule has 0 aliphatic carbocycles. The van der Waals surface area contributed by atoms with Gasteiger partial charge in [-0.1, -0.05) is 59.1 Å². The smallest absolute Gasteiger partial charge is 0.410 e. The molecule has 2 N–H and O–H groups in total. The summed E-state index contributed by atoms with van der Waals surface area (Å²) in [5, 5.41) is 23.7. The lowest BCUT2D eigenvalue weighted by atomic mass is 10.2. The van der Waals surface area contributed by atoms with E-state index >= 15 is 0 Å². The standard InChI is InChI=1S/C22H20N6O4S2/c29-21(31-15-9-3-1-4-10-15)23-19-27-25-17(33-19)13-7-8-14-18-26-28-20(34-18)24-22(30)32-16-11-5-2-6-12-16/h1-6,9-12H,7-8,13-14H2,(H,23,27,29)(H,24,28,30). The van der Waals surface area contributed by atoms with E-state index in [1.54, 1.807) is 48.5 Å². The van der Waals surface area contributed by atoms with E-state index < -0.39 is 12.2 Å². The van der Waals surface area contributed by atoms with Gasteiger partial charge in [0.25, 0.3) is 0 Å². The number of benzene rings is 2. The van der Waals surface area contributed by atoms with Crippen molar-refractivity contribution in [2.45, 2.75) is 25.7 Å². The minimum absolute atomic E-state index is 0.387. The van der Waals surface area contributed by atoms with Crippen LogP contribution in [0.15, 0.2) is 60.7 Å². The zero-order chi connectivity index (χ0) is 23.6. The predicted octanol–water partition coefficient (Wildman–Crippen LogP) is 5.18. The number of nitrogens with one attached hydrogen (secondary N) is 2. The fourth-order valence-corrected chi connectivity index (χ4v) is 4.31. The van der Waals surface area contributed by atoms with Gasteiger partial charge in [0.2, 0.25) is 10.3 Å². The van der Waals surface area contributed by atoms with E-state index in [0.29, 0.717) is 21.8 Å². The topological polar surface area (TPSA) is 128 Å². The number of anilines is 2. The Labute approximate surface area is 203 Å². The Kier molecular flexibility index (Phi) is 8.08. The van der Waals surface area contributed by atoms with Gasteiger partial charge in [0.1, 0.15) is 21.5 Å². The average Bonchev–Trinajstić information content (AvgIpc) is 3.47. The third-order valence-electron chi connectivity index (χ3n) is 4.29. The van der Waals surface area contributed by atoms with Gasteiger partial charge in [-0.3, -0.25) is 10.6 Å². The maximum atomic E-state index is 11.9. The van der Waals surface area contributed by atoms with E-state index in [4.69, 9.17) is 9.47 Å². The number of unbranched alkanes of at least 4 members (excludes halogenated alkanes) is 1. The zero-order valence-electron chi connectivity index (χ0n) is 17.8. The highest BCUT2D eigenvalue weighted by molar-refractivity contribution is 7.15. The van der Waals surface area contributed by atoms with Crippen LogP contribution in [0.2, 0.25) is 0 Å². The molecule has 4 aromatic rings. The molecule has 10 nitrogen and oxygen atoms in total. The van der Waals surface area contributed by atoms with Crippen molar-refractivity contribution in [3.05, 3.63) is 70.7 Å². The molecule has 12 heteroatoms. The van der Waals surface area contributed by atoms with Gasteiger partial charge in [0.05, 0.1) is 0 Å². The second kappa shape index (κ2) is 11.8. The molecule has 34 heavy (non-hydrogen) atoms. The number of hydrogen-bond donors (Lipinski definition) is 2. The molecule has 174 valence electrons. The van der Waals surface area contributed by atoms with Crippen LogP contribution in [0.1, 0.15) is 22.9 Å². The first-order valence-electron chi connectivity index (χ1n) is 10.4. The highest BCUT2D eigenvalue weighted by Crippen LogP contribution is 2.21. The van der Waals surface area contributed by atoms with Crippen LogP contribution in [0, 0.1) is 0 Å². The Bertz CT molecular complexity index is 1120. The van der Waals surface area contributed by atoms with Gasteiger partial charge in [0, 0.05) is 12.8 Å². The van der Waals surface area contributed by atoms with Crippen molar-refractivity contribution in [1.29, 1.82) is 0 Å². The Morgan fingerprint density at radius 2 is 1.06 bits per heavy atom. The van der Waals surface area contributed by atoms with Crippen molar-refractivity contribution >= 4 is 45.1 Å². The maximum Gasteiger partial charge on any atom is 0.418 e. The van der Waals surface area contributed by atoms with E-state index in [-0.39, 0.29) is 0 Å². The monoisotopic (exact) mass is 496 g/mol. The Morgan fingerprint density at radius 1 is 0.647 bits per heavy atom. The first-order valence-corrected chi connectivity index (χ1v) is 12.0. The van der Waals surface area contributed by atoms with Crippen LogP contribution in [0.5, 0.6) is 11.5 Å². The van der Waals surface area contributed by atoms with Gasteiger partial charge < -0.3 is 9.47 Å². The fourth-order valence-electron chi connectivity index (χ4n) is 2.78. The Morgan fingerprint density at radius 3 is 1.47 bits per heavy atom. The summed E-state index contributed by atoms with van der Waals surface area (Å²) in [5.41, 5.74) is 0. The van der Waals surface area contributed by atoms with E-state index in [1.807, 2.05) is 12.1 Å². The van der Waals surface area contributed by atoms with Gasteiger partial charge in [-0.25, -0.2) is 9.59 Å². The molecule has 2 amide bonds. The molecular weight excluding hydrogens is 476 g/mol.